The first-order valence-electron chi connectivity index (χ1n) is 12.6. The van der Waals surface area contributed by atoms with Gasteiger partial charge in [0.25, 0.3) is 0 Å². The molecule has 1 unspecified atom stereocenters. The number of fused-ring (bicyclic) bond motifs is 1. The van der Waals surface area contributed by atoms with Crippen LogP contribution in [0.15, 0.2) is 42.6 Å². The van der Waals surface area contributed by atoms with Gasteiger partial charge in [-0.2, -0.15) is 0 Å². The number of rotatable bonds is 10. The highest BCUT2D eigenvalue weighted by Crippen LogP contribution is 2.40. The van der Waals surface area contributed by atoms with E-state index in [1.54, 1.807) is 13.3 Å². The minimum absolute atomic E-state index is 0.124. The number of pyridine rings is 1. The molecule has 4 rings (SSSR count). The number of ether oxygens (including phenoxy) is 2. The average Bonchev–Trinajstić information content (AvgIpc) is 2.91. The highest BCUT2D eigenvalue weighted by atomic mass is 19.1. The molecule has 1 aliphatic heterocycles. The Morgan fingerprint density at radius 2 is 1.87 bits per heavy atom. The monoisotopic (exact) mass is 529 g/mol. The van der Waals surface area contributed by atoms with Crippen molar-refractivity contribution in [3.05, 3.63) is 65.4 Å². The Balaban J connectivity index is 1.39. The Kier molecular flexibility index (Phi) is 8.76. The number of piperidine rings is 1. The smallest absolute Gasteiger partial charge is 0.249 e. The number of hydroxylamine groups is 1. The molecule has 10 heteroatoms. The zero-order valence-electron chi connectivity index (χ0n) is 21.5. The molecule has 1 saturated heterocycles. The molecule has 1 fully saturated rings. The third-order valence-electron chi connectivity index (χ3n) is 7.45. The fraction of sp³-hybridized carbons (Fsp3) is 0.429. The molecule has 1 atom stereocenters. The molecule has 0 spiro atoms. The highest BCUT2D eigenvalue weighted by Gasteiger charge is 2.41. The lowest BCUT2D eigenvalue weighted by atomic mass is 9.73. The number of carbonyl (C=O) groups is 1. The number of aromatic nitrogens is 1. The second-order valence-electron chi connectivity index (χ2n) is 9.81. The van der Waals surface area contributed by atoms with Crippen LogP contribution in [0.25, 0.3) is 10.9 Å². The van der Waals surface area contributed by atoms with Crippen molar-refractivity contribution in [2.75, 3.05) is 33.4 Å². The number of carbonyl (C=O) groups excluding carboxylic acids is 1. The van der Waals surface area contributed by atoms with Crippen molar-refractivity contribution in [1.82, 2.24) is 15.4 Å². The first-order chi connectivity index (χ1) is 18.2. The third-order valence-corrected chi connectivity index (χ3v) is 7.45. The zero-order chi connectivity index (χ0) is 27.3. The number of nitrogens with one attached hydrogen (secondary N) is 1. The van der Waals surface area contributed by atoms with E-state index in [-0.39, 0.29) is 12.4 Å². The molecule has 1 amide bonds. The van der Waals surface area contributed by atoms with Gasteiger partial charge in [-0.05, 0) is 75.0 Å². The maximum absolute atomic E-state index is 13.4. The molecule has 2 heterocycles. The van der Waals surface area contributed by atoms with Crippen molar-refractivity contribution in [3.63, 3.8) is 0 Å². The molecule has 2 aromatic carbocycles. The average molecular weight is 530 g/mol. The highest BCUT2D eigenvalue weighted by molar-refractivity contribution is 5.85. The number of hydrogen-bond acceptors (Lipinski definition) is 7. The van der Waals surface area contributed by atoms with Crippen LogP contribution in [-0.2, 0) is 4.79 Å². The van der Waals surface area contributed by atoms with Crippen LogP contribution in [0.1, 0.15) is 42.9 Å². The van der Waals surface area contributed by atoms with Crippen molar-refractivity contribution in [2.24, 2.45) is 5.41 Å². The first kappa shape index (κ1) is 27.7. The zero-order valence-corrected chi connectivity index (χ0v) is 21.5. The van der Waals surface area contributed by atoms with E-state index >= 15 is 0 Å². The number of hydrogen-bond donors (Lipinski definition) is 3. The van der Waals surface area contributed by atoms with Crippen LogP contribution in [0.3, 0.4) is 0 Å². The molecule has 0 radical (unpaired) electrons. The standard InChI is InChI=1S/C28H33F2N3O5/c1-18-17-31-24-4-3-21(37-2)16-23(24)26(18)25(34)5-6-28(27(35)32-36)7-9-33(10-8-28)11-12-38-22-14-19(29)13-20(30)15-22/h3-4,13-17,25,34,36H,5-12H2,1-2H3,(H,32,35). The lowest BCUT2D eigenvalue weighted by molar-refractivity contribution is -0.143. The molecule has 0 saturated carbocycles. The molecular weight excluding hydrogens is 496 g/mol. The second kappa shape index (κ2) is 12.0. The summed E-state index contributed by atoms with van der Waals surface area (Å²) in [6, 6.07) is 8.56. The number of aliphatic hydroxyl groups is 1. The minimum Gasteiger partial charge on any atom is -0.497 e. The molecule has 204 valence electrons. The van der Waals surface area contributed by atoms with Gasteiger partial charge in [-0.25, -0.2) is 14.3 Å². The van der Waals surface area contributed by atoms with Gasteiger partial charge < -0.3 is 14.6 Å². The molecule has 0 aliphatic carbocycles. The third kappa shape index (κ3) is 6.20. The molecule has 38 heavy (non-hydrogen) atoms. The summed E-state index contributed by atoms with van der Waals surface area (Å²) >= 11 is 0. The number of methoxy groups -OCH3 is 1. The lowest BCUT2D eigenvalue weighted by Crippen LogP contribution is -2.49. The van der Waals surface area contributed by atoms with Crippen LogP contribution in [-0.4, -0.2) is 59.5 Å². The van der Waals surface area contributed by atoms with Crippen LogP contribution in [0.5, 0.6) is 11.5 Å². The molecule has 3 aromatic rings. The van der Waals surface area contributed by atoms with Gasteiger partial charge in [0.15, 0.2) is 0 Å². The largest absolute Gasteiger partial charge is 0.497 e. The van der Waals surface area contributed by atoms with Crippen LogP contribution in [0, 0.1) is 24.0 Å². The quantitative estimate of drug-likeness (QED) is 0.266. The van der Waals surface area contributed by atoms with E-state index in [1.165, 1.54) is 0 Å². The van der Waals surface area contributed by atoms with Gasteiger partial charge in [0, 0.05) is 36.3 Å². The van der Waals surface area contributed by atoms with Gasteiger partial charge in [-0.3, -0.25) is 19.9 Å². The van der Waals surface area contributed by atoms with Crippen LogP contribution in [0.4, 0.5) is 8.78 Å². The van der Waals surface area contributed by atoms with Gasteiger partial charge in [-0.15, -0.1) is 0 Å². The molecular formula is C28H33F2N3O5. The topological polar surface area (TPSA) is 104 Å². The predicted molar refractivity (Wildman–Crippen MR) is 137 cm³/mol. The number of amides is 1. The fourth-order valence-corrected chi connectivity index (χ4v) is 5.24. The number of halogens is 2. The minimum atomic E-state index is -0.840. The molecule has 3 N–H and O–H groups in total. The SMILES string of the molecule is COc1ccc2ncc(C)c(C(O)CCC3(C(=O)NO)CCN(CCOc4cc(F)cc(F)c4)CC3)c2c1. The van der Waals surface area contributed by atoms with E-state index in [0.717, 1.165) is 40.2 Å². The Hall–Kier alpha value is -3.34. The maximum atomic E-state index is 13.4. The fourth-order valence-electron chi connectivity index (χ4n) is 5.24. The number of benzene rings is 2. The van der Waals surface area contributed by atoms with E-state index in [1.807, 2.05) is 30.6 Å². The normalized spacial score (nSPS) is 16.3. The number of aliphatic hydroxyl groups excluding tert-OH is 1. The molecule has 1 aromatic heterocycles. The summed E-state index contributed by atoms with van der Waals surface area (Å²) in [5, 5.41) is 21.5. The Morgan fingerprint density at radius 3 is 2.53 bits per heavy atom. The van der Waals surface area contributed by atoms with Gasteiger partial charge in [0.2, 0.25) is 5.91 Å². The van der Waals surface area contributed by atoms with Gasteiger partial charge in [0.05, 0.1) is 24.1 Å². The molecule has 1 aliphatic rings. The summed E-state index contributed by atoms with van der Waals surface area (Å²) < 4.78 is 37.6. The Labute approximate surface area is 220 Å². The predicted octanol–water partition coefficient (Wildman–Crippen LogP) is 4.31. The van der Waals surface area contributed by atoms with E-state index in [2.05, 4.69) is 9.88 Å². The summed E-state index contributed by atoms with van der Waals surface area (Å²) in [5.74, 6) is -1.08. The Bertz CT molecular complexity index is 1260. The summed E-state index contributed by atoms with van der Waals surface area (Å²) in [6.45, 7) is 3.78. The number of aryl methyl sites for hydroxylation is 1. The van der Waals surface area contributed by atoms with E-state index in [4.69, 9.17) is 9.47 Å². The molecule has 0 bridgehead atoms. The van der Waals surface area contributed by atoms with E-state index in [0.29, 0.717) is 51.1 Å². The lowest BCUT2D eigenvalue weighted by Gasteiger charge is -2.40. The van der Waals surface area contributed by atoms with E-state index in [9.17, 15) is 23.9 Å². The first-order valence-corrected chi connectivity index (χ1v) is 12.6. The number of likely N-dealkylation sites (tertiary alicyclic amines) is 1. The van der Waals surface area contributed by atoms with Crippen LogP contribution in [0.2, 0.25) is 0 Å². The summed E-state index contributed by atoms with van der Waals surface area (Å²) in [7, 11) is 1.58. The summed E-state index contributed by atoms with van der Waals surface area (Å²) in [6.07, 6.45) is 2.53. The second-order valence-corrected chi connectivity index (χ2v) is 9.81. The van der Waals surface area contributed by atoms with E-state index < -0.39 is 29.1 Å². The Morgan fingerprint density at radius 1 is 1.16 bits per heavy atom. The molecule has 8 nitrogen and oxygen atoms in total. The van der Waals surface area contributed by atoms with Crippen molar-refractivity contribution in [2.45, 2.75) is 38.7 Å². The van der Waals surface area contributed by atoms with Crippen molar-refractivity contribution >= 4 is 16.8 Å². The van der Waals surface area contributed by atoms with Crippen LogP contribution >= 0.6 is 0 Å². The van der Waals surface area contributed by atoms with Gasteiger partial charge in [-0.1, -0.05) is 0 Å². The van der Waals surface area contributed by atoms with Crippen LogP contribution < -0.4 is 15.0 Å². The van der Waals surface area contributed by atoms with Crippen molar-refractivity contribution in [1.29, 1.82) is 0 Å². The number of nitrogens with zero attached hydrogens (tertiary/aromatic N) is 2. The van der Waals surface area contributed by atoms with Gasteiger partial charge in [0.1, 0.15) is 29.7 Å². The van der Waals surface area contributed by atoms with Crippen molar-refractivity contribution < 1.29 is 33.4 Å². The summed E-state index contributed by atoms with van der Waals surface area (Å²) in [5.41, 5.74) is 3.31. The van der Waals surface area contributed by atoms with Crippen molar-refractivity contribution in [3.8, 4) is 11.5 Å². The summed E-state index contributed by atoms with van der Waals surface area (Å²) in [4.78, 5) is 19.3. The maximum Gasteiger partial charge on any atom is 0.249 e. The van der Waals surface area contributed by atoms with Gasteiger partial charge >= 0.3 is 0 Å².